The van der Waals surface area contributed by atoms with Crippen LogP contribution in [0.1, 0.15) is 0 Å². The normalized spacial score (nSPS) is 13.9. The number of rotatable bonds is 9. The van der Waals surface area contributed by atoms with Crippen LogP contribution >= 0.6 is 12.2 Å². The maximum Gasteiger partial charge on any atom is 0.399 e. The number of methoxy groups -OCH3 is 2. The number of nitrogens with two attached hydrogens (primary N) is 1. The Bertz CT molecular complexity index is 244. The van der Waals surface area contributed by atoms with Crippen LogP contribution in [0.2, 0.25) is 0 Å². The van der Waals surface area contributed by atoms with E-state index in [9.17, 15) is 13.2 Å². The fraction of sp³-hybridized carbons (Fsp3) is 0.900. The van der Waals surface area contributed by atoms with E-state index < -0.39 is 17.1 Å². The minimum Gasteiger partial charge on any atom is -0.393 e. The minimum atomic E-state index is -4.43. The van der Waals surface area contributed by atoms with Gasteiger partial charge in [-0.25, -0.2) is 0 Å². The van der Waals surface area contributed by atoms with Gasteiger partial charge in [-0.2, -0.15) is 13.2 Å². The van der Waals surface area contributed by atoms with Crippen LogP contribution in [0, 0.1) is 5.92 Å². The Morgan fingerprint density at radius 2 is 1.67 bits per heavy atom. The molecule has 0 spiro atoms. The van der Waals surface area contributed by atoms with Gasteiger partial charge in [0.05, 0.1) is 18.2 Å². The fourth-order valence-corrected chi connectivity index (χ4v) is 1.56. The molecule has 1 unspecified atom stereocenters. The van der Waals surface area contributed by atoms with Gasteiger partial charge in [-0.05, 0) is 0 Å². The van der Waals surface area contributed by atoms with Crippen LogP contribution in [0.4, 0.5) is 13.2 Å². The van der Waals surface area contributed by atoms with Gasteiger partial charge in [0, 0.05) is 33.9 Å². The molecule has 0 rings (SSSR count). The van der Waals surface area contributed by atoms with Gasteiger partial charge in [-0.3, -0.25) is 4.90 Å². The van der Waals surface area contributed by atoms with E-state index in [4.69, 9.17) is 15.2 Å². The van der Waals surface area contributed by atoms with Gasteiger partial charge in [-0.15, -0.1) is 0 Å². The number of thiocarbonyl (C=S) groups is 1. The van der Waals surface area contributed by atoms with Crippen molar-refractivity contribution in [3.05, 3.63) is 0 Å². The van der Waals surface area contributed by atoms with Crippen molar-refractivity contribution in [1.82, 2.24) is 4.90 Å². The lowest BCUT2D eigenvalue weighted by Crippen LogP contribution is -2.45. The van der Waals surface area contributed by atoms with E-state index in [0.717, 1.165) is 0 Å². The molecule has 0 aliphatic rings. The summed E-state index contributed by atoms with van der Waals surface area (Å²) in [5.74, 6) is -1.80. The third kappa shape index (κ3) is 7.10. The van der Waals surface area contributed by atoms with Crippen LogP contribution in [0.25, 0.3) is 0 Å². The van der Waals surface area contributed by atoms with Gasteiger partial charge in [0.15, 0.2) is 0 Å². The zero-order valence-electron chi connectivity index (χ0n) is 10.5. The summed E-state index contributed by atoms with van der Waals surface area (Å²) in [4.78, 5) is 1.03. The molecule has 8 heteroatoms. The lowest BCUT2D eigenvalue weighted by atomic mass is 10.1. The minimum absolute atomic E-state index is 0.272. The Morgan fingerprint density at radius 3 is 1.94 bits per heavy atom. The standard InChI is InChI=1S/C10H19F3N2O2S/c1-16-5-3-15(4-6-17-2)7-8(9(14)18)10(11,12)13/h8H,3-7H2,1-2H3,(H2,14,18). The summed E-state index contributed by atoms with van der Waals surface area (Å²) in [6.45, 7) is 1.15. The number of hydrogen-bond donors (Lipinski definition) is 1. The zero-order chi connectivity index (χ0) is 14.2. The average molecular weight is 288 g/mol. The lowest BCUT2D eigenvalue weighted by Gasteiger charge is -2.27. The van der Waals surface area contributed by atoms with E-state index in [1.54, 1.807) is 4.90 Å². The van der Waals surface area contributed by atoms with E-state index in [1.165, 1.54) is 14.2 Å². The molecule has 108 valence electrons. The van der Waals surface area contributed by atoms with Crippen molar-refractivity contribution in [3.8, 4) is 0 Å². The van der Waals surface area contributed by atoms with Crippen molar-refractivity contribution < 1.29 is 22.6 Å². The molecule has 0 radical (unpaired) electrons. The largest absolute Gasteiger partial charge is 0.399 e. The number of ether oxygens (including phenoxy) is 2. The van der Waals surface area contributed by atoms with Crippen LogP contribution in [0.15, 0.2) is 0 Å². The molecule has 0 amide bonds. The Hall–Kier alpha value is -0.440. The molecule has 0 aromatic heterocycles. The first-order valence-electron chi connectivity index (χ1n) is 5.39. The van der Waals surface area contributed by atoms with Gasteiger partial charge < -0.3 is 15.2 Å². The van der Waals surface area contributed by atoms with Gasteiger partial charge in [0.25, 0.3) is 0 Å². The highest BCUT2D eigenvalue weighted by molar-refractivity contribution is 7.80. The highest BCUT2D eigenvalue weighted by Crippen LogP contribution is 2.27. The van der Waals surface area contributed by atoms with Crippen LogP contribution in [-0.2, 0) is 9.47 Å². The van der Waals surface area contributed by atoms with E-state index >= 15 is 0 Å². The fourth-order valence-electron chi connectivity index (χ4n) is 1.35. The molecule has 0 aliphatic heterocycles. The first kappa shape index (κ1) is 17.6. The third-order valence-corrected chi connectivity index (χ3v) is 2.69. The SMILES string of the molecule is COCCN(CCOC)CC(C(N)=S)C(F)(F)F. The van der Waals surface area contributed by atoms with Crippen LogP contribution in [-0.4, -0.2) is 63.1 Å². The Labute approximate surface area is 110 Å². The molecule has 0 fully saturated rings. The molecule has 0 saturated heterocycles. The van der Waals surface area contributed by atoms with E-state index in [-0.39, 0.29) is 6.54 Å². The monoisotopic (exact) mass is 288 g/mol. The van der Waals surface area contributed by atoms with E-state index in [0.29, 0.717) is 26.3 Å². The second kappa shape index (κ2) is 8.63. The lowest BCUT2D eigenvalue weighted by molar-refractivity contribution is -0.159. The van der Waals surface area contributed by atoms with Crippen molar-refractivity contribution in [3.63, 3.8) is 0 Å². The highest BCUT2D eigenvalue weighted by Gasteiger charge is 2.42. The molecule has 0 aromatic carbocycles. The first-order valence-corrected chi connectivity index (χ1v) is 5.80. The summed E-state index contributed by atoms with van der Waals surface area (Å²) in [5.41, 5.74) is 5.15. The Kier molecular flexibility index (Phi) is 8.41. The van der Waals surface area contributed by atoms with E-state index in [1.807, 2.05) is 0 Å². The molecule has 1 atom stereocenters. The summed E-state index contributed by atoms with van der Waals surface area (Å²) in [6, 6.07) is 0. The number of alkyl halides is 3. The first-order chi connectivity index (χ1) is 8.32. The summed E-state index contributed by atoms with van der Waals surface area (Å²) in [6.07, 6.45) is -4.43. The van der Waals surface area contributed by atoms with Gasteiger partial charge in [0.1, 0.15) is 5.92 Å². The Balaban J connectivity index is 4.53. The van der Waals surface area contributed by atoms with Crippen molar-refractivity contribution in [1.29, 1.82) is 0 Å². The smallest absolute Gasteiger partial charge is 0.393 e. The summed E-state index contributed by atoms with van der Waals surface area (Å²) < 4.78 is 47.9. The van der Waals surface area contributed by atoms with Crippen LogP contribution in [0.3, 0.4) is 0 Å². The third-order valence-electron chi connectivity index (χ3n) is 2.40. The zero-order valence-corrected chi connectivity index (χ0v) is 11.3. The topological polar surface area (TPSA) is 47.7 Å². The predicted molar refractivity (Wildman–Crippen MR) is 66.5 cm³/mol. The van der Waals surface area contributed by atoms with Crippen molar-refractivity contribution in [2.24, 2.45) is 11.7 Å². The number of hydrogen-bond acceptors (Lipinski definition) is 4. The molecule has 0 heterocycles. The summed E-state index contributed by atoms with van der Waals surface area (Å²) in [7, 11) is 2.98. The van der Waals surface area contributed by atoms with Gasteiger partial charge in [0.2, 0.25) is 0 Å². The summed E-state index contributed by atoms with van der Waals surface area (Å²) >= 11 is 4.48. The second-order valence-electron chi connectivity index (χ2n) is 3.78. The second-order valence-corrected chi connectivity index (χ2v) is 4.25. The number of halogens is 3. The maximum absolute atomic E-state index is 12.7. The highest BCUT2D eigenvalue weighted by atomic mass is 32.1. The van der Waals surface area contributed by atoms with Gasteiger partial charge in [-0.1, -0.05) is 12.2 Å². The molecule has 0 aromatic rings. The summed E-state index contributed by atoms with van der Waals surface area (Å²) in [5, 5.41) is 0. The Morgan fingerprint density at radius 1 is 1.22 bits per heavy atom. The van der Waals surface area contributed by atoms with E-state index in [2.05, 4.69) is 12.2 Å². The molecular weight excluding hydrogens is 269 g/mol. The molecule has 0 aliphatic carbocycles. The maximum atomic E-state index is 12.7. The quantitative estimate of drug-likeness (QED) is 0.643. The molecule has 0 bridgehead atoms. The molecule has 0 saturated carbocycles. The molecule has 2 N–H and O–H groups in total. The average Bonchev–Trinajstić information content (AvgIpc) is 2.25. The van der Waals surface area contributed by atoms with Gasteiger partial charge >= 0.3 is 6.18 Å². The molecule has 18 heavy (non-hydrogen) atoms. The molecule has 4 nitrogen and oxygen atoms in total. The number of nitrogens with zero attached hydrogens (tertiary/aromatic N) is 1. The van der Waals surface area contributed by atoms with Crippen molar-refractivity contribution in [2.75, 3.05) is 47.1 Å². The predicted octanol–water partition coefficient (Wildman–Crippen LogP) is 1.05. The van der Waals surface area contributed by atoms with Crippen molar-refractivity contribution >= 4 is 17.2 Å². The van der Waals surface area contributed by atoms with Crippen LogP contribution in [0.5, 0.6) is 0 Å². The molecular formula is C10H19F3N2O2S. The van der Waals surface area contributed by atoms with Crippen molar-refractivity contribution in [2.45, 2.75) is 6.18 Å². The van der Waals surface area contributed by atoms with Crippen LogP contribution < -0.4 is 5.73 Å².